The number of anilines is 1. The third-order valence-electron chi connectivity index (χ3n) is 5.73. The second-order valence-corrected chi connectivity index (χ2v) is 10.8. The van der Waals surface area contributed by atoms with Crippen molar-refractivity contribution in [3.05, 3.63) is 53.1 Å². The Morgan fingerprint density at radius 1 is 1.11 bits per heavy atom. The summed E-state index contributed by atoms with van der Waals surface area (Å²) < 4.78 is 37.0. The van der Waals surface area contributed by atoms with Crippen molar-refractivity contribution < 1.29 is 27.5 Å². The van der Waals surface area contributed by atoms with E-state index in [0.717, 1.165) is 17.0 Å². The fourth-order valence-corrected chi connectivity index (χ4v) is 4.59. The van der Waals surface area contributed by atoms with Crippen molar-refractivity contribution in [2.75, 3.05) is 23.9 Å². The minimum Gasteiger partial charge on any atom is -0.454 e. The zero-order chi connectivity index (χ0) is 25.8. The first-order valence-electron chi connectivity index (χ1n) is 11.2. The van der Waals surface area contributed by atoms with Crippen LogP contribution in [0.4, 0.5) is 5.69 Å². The number of hydrogen-bond acceptors (Lipinski definition) is 6. The van der Waals surface area contributed by atoms with Gasteiger partial charge in [0.05, 0.1) is 11.9 Å². The quantitative estimate of drug-likeness (QED) is 0.513. The predicted molar refractivity (Wildman–Crippen MR) is 134 cm³/mol. The standard InChI is InChI=1S/C24H30ClN3O6S/c1-5-16(2)26-24(30)17(3)27(13-18-7-6-8-19(25)11-18)23(29)14-28(35(4,31)32)20-9-10-21-22(12-20)34-15-33-21/h6-12,16-17H,5,13-15H2,1-4H3,(H,26,30). The van der Waals surface area contributed by atoms with Crippen molar-refractivity contribution in [3.63, 3.8) is 0 Å². The fraction of sp³-hybridized carbons (Fsp3) is 0.417. The molecule has 1 N–H and O–H groups in total. The Kier molecular flexibility index (Phi) is 8.50. The molecule has 0 bridgehead atoms. The smallest absolute Gasteiger partial charge is 0.244 e. The molecular weight excluding hydrogens is 494 g/mol. The van der Waals surface area contributed by atoms with Crippen LogP contribution < -0.4 is 19.1 Å². The number of ether oxygens (including phenoxy) is 2. The van der Waals surface area contributed by atoms with Gasteiger partial charge in [-0.25, -0.2) is 8.42 Å². The SMILES string of the molecule is CCC(C)NC(=O)C(C)N(Cc1cccc(Cl)c1)C(=O)CN(c1ccc2c(c1)OCO2)S(C)(=O)=O. The summed E-state index contributed by atoms with van der Waals surface area (Å²) in [6, 6.07) is 10.7. The highest BCUT2D eigenvalue weighted by Gasteiger charge is 2.31. The van der Waals surface area contributed by atoms with Crippen molar-refractivity contribution in [3.8, 4) is 11.5 Å². The van der Waals surface area contributed by atoms with Gasteiger partial charge in [0.15, 0.2) is 11.5 Å². The van der Waals surface area contributed by atoms with Gasteiger partial charge in [0.25, 0.3) is 0 Å². The topological polar surface area (TPSA) is 105 Å². The van der Waals surface area contributed by atoms with E-state index in [1.165, 1.54) is 11.0 Å². The van der Waals surface area contributed by atoms with Crippen LogP contribution in [-0.4, -0.2) is 56.8 Å². The molecule has 9 nitrogen and oxygen atoms in total. The Morgan fingerprint density at radius 3 is 2.49 bits per heavy atom. The van der Waals surface area contributed by atoms with Crippen LogP contribution in [0.3, 0.4) is 0 Å². The van der Waals surface area contributed by atoms with Gasteiger partial charge in [-0.1, -0.05) is 30.7 Å². The third kappa shape index (κ3) is 6.79. The Morgan fingerprint density at radius 2 is 1.83 bits per heavy atom. The molecule has 2 aromatic rings. The fourth-order valence-electron chi connectivity index (χ4n) is 3.53. The summed E-state index contributed by atoms with van der Waals surface area (Å²) >= 11 is 6.12. The molecular formula is C24H30ClN3O6S. The molecule has 2 amide bonds. The van der Waals surface area contributed by atoms with Crippen molar-refractivity contribution in [1.82, 2.24) is 10.2 Å². The molecule has 2 unspecified atom stereocenters. The molecule has 1 aliphatic rings. The Balaban J connectivity index is 1.91. The van der Waals surface area contributed by atoms with E-state index in [1.807, 2.05) is 13.8 Å². The third-order valence-corrected chi connectivity index (χ3v) is 7.11. The van der Waals surface area contributed by atoms with Crippen LogP contribution in [0.5, 0.6) is 11.5 Å². The van der Waals surface area contributed by atoms with Gasteiger partial charge in [0.1, 0.15) is 12.6 Å². The first kappa shape index (κ1) is 26.6. The summed E-state index contributed by atoms with van der Waals surface area (Å²) in [6.07, 6.45) is 1.75. The maximum atomic E-state index is 13.5. The molecule has 0 saturated carbocycles. The molecule has 0 aromatic heterocycles. The lowest BCUT2D eigenvalue weighted by Crippen LogP contribution is -2.52. The average Bonchev–Trinajstić information content (AvgIpc) is 3.27. The van der Waals surface area contributed by atoms with Gasteiger partial charge in [0, 0.05) is 23.7 Å². The summed E-state index contributed by atoms with van der Waals surface area (Å²) in [5.41, 5.74) is 0.965. The number of carbonyl (C=O) groups excluding carboxylic acids is 2. The lowest BCUT2D eigenvalue weighted by Gasteiger charge is -2.32. The van der Waals surface area contributed by atoms with Gasteiger partial charge < -0.3 is 19.7 Å². The second-order valence-electron chi connectivity index (χ2n) is 8.45. The number of halogens is 1. The average molecular weight is 524 g/mol. The molecule has 190 valence electrons. The molecule has 1 aliphatic heterocycles. The minimum absolute atomic E-state index is 0.0345. The van der Waals surface area contributed by atoms with E-state index in [1.54, 1.807) is 43.3 Å². The van der Waals surface area contributed by atoms with Crippen LogP contribution in [-0.2, 0) is 26.2 Å². The molecule has 11 heteroatoms. The van der Waals surface area contributed by atoms with E-state index in [4.69, 9.17) is 21.1 Å². The van der Waals surface area contributed by atoms with E-state index in [0.29, 0.717) is 22.1 Å². The van der Waals surface area contributed by atoms with Crippen molar-refractivity contribution >= 4 is 39.1 Å². The lowest BCUT2D eigenvalue weighted by molar-refractivity contribution is -0.139. The van der Waals surface area contributed by atoms with Crippen molar-refractivity contribution in [1.29, 1.82) is 0 Å². The zero-order valence-electron chi connectivity index (χ0n) is 20.2. The summed E-state index contributed by atoms with van der Waals surface area (Å²) in [5.74, 6) is 0.00992. The highest BCUT2D eigenvalue weighted by atomic mass is 35.5. The van der Waals surface area contributed by atoms with Gasteiger partial charge in [0.2, 0.25) is 28.6 Å². The highest BCUT2D eigenvalue weighted by Crippen LogP contribution is 2.36. The van der Waals surface area contributed by atoms with E-state index in [2.05, 4.69) is 5.32 Å². The van der Waals surface area contributed by atoms with Gasteiger partial charge in [-0.15, -0.1) is 0 Å². The number of nitrogens with one attached hydrogen (secondary N) is 1. The number of amides is 2. The Labute approximate surface area is 211 Å². The molecule has 2 atom stereocenters. The van der Waals surface area contributed by atoms with Crippen molar-refractivity contribution in [2.24, 2.45) is 0 Å². The Hall–Kier alpha value is -2.98. The molecule has 2 aromatic carbocycles. The summed E-state index contributed by atoms with van der Waals surface area (Å²) in [5, 5.41) is 3.37. The normalized spacial score (nSPS) is 14.2. The first-order chi connectivity index (χ1) is 16.5. The number of benzene rings is 2. The Bertz CT molecular complexity index is 1190. The summed E-state index contributed by atoms with van der Waals surface area (Å²) in [6.45, 7) is 5.05. The predicted octanol–water partition coefficient (Wildman–Crippen LogP) is 3.17. The van der Waals surface area contributed by atoms with Gasteiger partial charge in [-0.3, -0.25) is 13.9 Å². The number of hydrogen-bond donors (Lipinski definition) is 1. The molecule has 0 saturated heterocycles. The van der Waals surface area contributed by atoms with Crippen LogP contribution in [0.1, 0.15) is 32.8 Å². The number of carbonyl (C=O) groups is 2. The van der Waals surface area contributed by atoms with E-state index in [9.17, 15) is 18.0 Å². The largest absolute Gasteiger partial charge is 0.454 e. The van der Waals surface area contributed by atoms with Crippen LogP contribution in [0.15, 0.2) is 42.5 Å². The number of nitrogens with zero attached hydrogens (tertiary/aromatic N) is 2. The summed E-state index contributed by atoms with van der Waals surface area (Å²) in [4.78, 5) is 27.8. The van der Waals surface area contributed by atoms with Crippen LogP contribution in [0.2, 0.25) is 5.02 Å². The molecule has 0 spiro atoms. The highest BCUT2D eigenvalue weighted by molar-refractivity contribution is 7.92. The summed E-state index contributed by atoms with van der Waals surface area (Å²) in [7, 11) is -3.84. The number of fused-ring (bicyclic) bond motifs is 1. The van der Waals surface area contributed by atoms with E-state index >= 15 is 0 Å². The lowest BCUT2D eigenvalue weighted by atomic mass is 10.1. The zero-order valence-corrected chi connectivity index (χ0v) is 21.7. The van der Waals surface area contributed by atoms with Crippen LogP contribution in [0.25, 0.3) is 0 Å². The molecule has 3 rings (SSSR count). The van der Waals surface area contributed by atoms with Crippen LogP contribution >= 0.6 is 11.6 Å². The van der Waals surface area contributed by atoms with Gasteiger partial charge in [-0.05, 0) is 50.1 Å². The maximum absolute atomic E-state index is 13.5. The van der Waals surface area contributed by atoms with Gasteiger partial charge in [-0.2, -0.15) is 0 Å². The van der Waals surface area contributed by atoms with Gasteiger partial charge >= 0.3 is 0 Å². The monoisotopic (exact) mass is 523 g/mol. The molecule has 0 radical (unpaired) electrons. The minimum atomic E-state index is -3.84. The molecule has 1 heterocycles. The van der Waals surface area contributed by atoms with E-state index < -0.39 is 28.5 Å². The maximum Gasteiger partial charge on any atom is 0.244 e. The van der Waals surface area contributed by atoms with Crippen molar-refractivity contribution in [2.45, 2.75) is 45.8 Å². The molecule has 0 aliphatic carbocycles. The molecule has 35 heavy (non-hydrogen) atoms. The number of rotatable bonds is 10. The molecule has 0 fully saturated rings. The second kappa shape index (κ2) is 11.2. The van der Waals surface area contributed by atoms with E-state index in [-0.39, 0.29) is 31.0 Å². The first-order valence-corrected chi connectivity index (χ1v) is 13.4. The van der Waals surface area contributed by atoms with Crippen LogP contribution in [0, 0.1) is 0 Å². The number of sulfonamides is 1.